The van der Waals surface area contributed by atoms with Gasteiger partial charge in [0.05, 0.1) is 5.69 Å². The second kappa shape index (κ2) is 7.22. The first-order valence-corrected chi connectivity index (χ1v) is 7.55. The van der Waals surface area contributed by atoms with E-state index in [9.17, 15) is 18.0 Å². The molecule has 1 aromatic heterocycles. The van der Waals surface area contributed by atoms with Crippen LogP contribution < -0.4 is 10.6 Å². The number of para-hydroxylation sites is 1. The van der Waals surface area contributed by atoms with Gasteiger partial charge in [0.2, 0.25) is 0 Å². The van der Waals surface area contributed by atoms with Crippen molar-refractivity contribution in [3.8, 4) is 0 Å². The number of benzene rings is 2. The zero-order valence-corrected chi connectivity index (χ0v) is 13.6. The summed E-state index contributed by atoms with van der Waals surface area (Å²) in [6.45, 7) is 1.84. The summed E-state index contributed by atoms with van der Waals surface area (Å²) in [6, 6.07) is 10.3. The highest BCUT2D eigenvalue weighted by atomic mass is 19.2. The number of rotatable bonds is 4. The Labute approximate surface area is 146 Å². The molecule has 0 radical (unpaired) electrons. The Kier molecular flexibility index (Phi) is 4.83. The van der Waals surface area contributed by atoms with Crippen LogP contribution in [0.15, 0.2) is 48.8 Å². The molecule has 0 bridgehead atoms. The Hall–Kier alpha value is -3.42. The standard InChI is InChI=1S/C18H13F3N4O/c1-10-4-2-3-5-12(10)25-18(26)14-8-15(23-9-22-14)24-13-7-6-11(19)16(20)17(13)21/h2-9H,1H3,(H,25,26)(H,22,23,24). The van der Waals surface area contributed by atoms with Crippen molar-refractivity contribution in [2.45, 2.75) is 6.92 Å². The average molecular weight is 358 g/mol. The molecule has 0 spiro atoms. The number of halogens is 3. The van der Waals surface area contributed by atoms with Crippen LogP contribution in [-0.2, 0) is 0 Å². The van der Waals surface area contributed by atoms with Gasteiger partial charge in [0.1, 0.15) is 17.8 Å². The number of nitrogens with one attached hydrogen (secondary N) is 2. The van der Waals surface area contributed by atoms with E-state index in [4.69, 9.17) is 0 Å². The van der Waals surface area contributed by atoms with Gasteiger partial charge in [-0.15, -0.1) is 0 Å². The van der Waals surface area contributed by atoms with Crippen molar-refractivity contribution in [2.75, 3.05) is 10.6 Å². The summed E-state index contributed by atoms with van der Waals surface area (Å²) >= 11 is 0. The Morgan fingerprint density at radius 1 is 0.962 bits per heavy atom. The maximum absolute atomic E-state index is 13.7. The van der Waals surface area contributed by atoms with Gasteiger partial charge in [0.25, 0.3) is 5.91 Å². The van der Waals surface area contributed by atoms with Gasteiger partial charge in [-0.25, -0.2) is 23.1 Å². The third-order valence-electron chi connectivity index (χ3n) is 3.59. The number of hydrogen-bond donors (Lipinski definition) is 2. The van der Waals surface area contributed by atoms with Crippen LogP contribution >= 0.6 is 0 Å². The van der Waals surface area contributed by atoms with Crippen molar-refractivity contribution in [2.24, 2.45) is 0 Å². The number of carbonyl (C=O) groups excluding carboxylic acids is 1. The van der Waals surface area contributed by atoms with Gasteiger partial charge < -0.3 is 10.6 Å². The van der Waals surface area contributed by atoms with Crippen molar-refractivity contribution in [3.63, 3.8) is 0 Å². The molecule has 26 heavy (non-hydrogen) atoms. The topological polar surface area (TPSA) is 66.9 Å². The van der Waals surface area contributed by atoms with Gasteiger partial charge in [-0.05, 0) is 30.7 Å². The fourth-order valence-corrected chi connectivity index (χ4v) is 2.21. The smallest absolute Gasteiger partial charge is 0.274 e. The van der Waals surface area contributed by atoms with Gasteiger partial charge in [-0.3, -0.25) is 4.79 Å². The van der Waals surface area contributed by atoms with Gasteiger partial charge in [-0.2, -0.15) is 0 Å². The average Bonchev–Trinajstić information content (AvgIpc) is 2.64. The Morgan fingerprint density at radius 2 is 1.73 bits per heavy atom. The lowest BCUT2D eigenvalue weighted by molar-refractivity contribution is 0.102. The summed E-state index contributed by atoms with van der Waals surface area (Å²) in [6.07, 6.45) is 1.10. The first kappa shape index (κ1) is 17.4. The molecule has 0 aliphatic heterocycles. The van der Waals surface area contributed by atoms with Gasteiger partial charge in [0.15, 0.2) is 17.5 Å². The predicted octanol–water partition coefficient (Wildman–Crippen LogP) is 4.20. The molecule has 3 aromatic rings. The van der Waals surface area contributed by atoms with Crippen molar-refractivity contribution in [1.29, 1.82) is 0 Å². The highest BCUT2D eigenvalue weighted by Gasteiger charge is 2.15. The van der Waals surface area contributed by atoms with E-state index in [2.05, 4.69) is 20.6 Å². The number of carbonyl (C=O) groups is 1. The van der Waals surface area contributed by atoms with Crippen LogP contribution in [0.5, 0.6) is 0 Å². The summed E-state index contributed by atoms with van der Waals surface area (Å²) in [4.78, 5) is 20.0. The summed E-state index contributed by atoms with van der Waals surface area (Å²) in [5.74, 6) is -4.71. The normalized spacial score (nSPS) is 10.5. The Morgan fingerprint density at radius 3 is 2.50 bits per heavy atom. The molecule has 0 aliphatic carbocycles. The van der Waals surface area contributed by atoms with Crippen LogP contribution in [0.25, 0.3) is 0 Å². The van der Waals surface area contributed by atoms with E-state index in [0.29, 0.717) is 5.69 Å². The number of hydrogen-bond acceptors (Lipinski definition) is 4. The van der Waals surface area contributed by atoms with Crippen molar-refractivity contribution < 1.29 is 18.0 Å². The van der Waals surface area contributed by atoms with Crippen LogP contribution in [0.2, 0.25) is 0 Å². The highest BCUT2D eigenvalue weighted by molar-refractivity contribution is 6.03. The van der Waals surface area contributed by atoms with Crippen molar-refractivity contribution in [1.82, 2.24) is 9.97 Å². The minimum absolute atomic E-state index is 0.0220. The molecule has 0 saturated heterocycles. The fraction of sp³-hybridized carbons (Fsp3) is 0.0556. The number of aryl methyl sites for hydroxylation is 1. The number of aromatic nitrogens is 2. The van der Waals surface area contributed by atoms with Crippen LogP contribution in [0.1, 0.15) is 16.1 Å². The zero-order chi connectivity index (χ0) is 18.7. The molecule has 0 aliphatic rings. The van der Waals surface area contributed by atoms with E-state index in [1.54, 1.807) is 12.1 Å². The molecule has 0 saturated carbocycles. The lowest BCUT2D eigenvalue weighted by Crippen LogP contribution is -2.15. The molecule has 0 unspecified atom stereocenters. The molecule has 1 amide bonds. The SMILES string of the molecule is Cc1ccccc1NC(=O)c1cc(Nc2ccc(F)c(F)c2F)ncn1. The molecular weight excluding hydrogens is 345 g/mol. The highest BCUT2D eigenvalue weighted by Crippen LogP contribution is 2.23. The molecule has 132 valence electrons. The van der Waals surface area contributed by atoms with E-state index in [1.807, 2.05) is 19.1 Å². The van der Waals surface area contributed by atoms with Gasteiger partial charge in [-0.1, -0.05) is 18.2 Å². The zero-order valence-electron chi connectivity index (χ0n) is 13.6. The number of amides is 1. The predicted molar refractivity (Wildman–Crippen MR) is 90.8 cm³/mol. The third-order valence-corrected chi connectivity index (χ3v) is 3.59. The molecule has 5 nitrogen and oxygen atoms in total. The second-order valence-corrected chi connectivity index (χ2v) is 5.41. The molecule has 8 heteroatoms. The lowest BCUT2D eigenvalue weighted by atomic mass is 10.2. The summed E-state index contributed by atoms with van der Waals surface area (Å²) in [5, 5.41) is 5.20. The largest absolute Gasteiger partial charge is 0.338 e. The molecule has 3 rings (SSSR count). The summed E-state index contributed by atoms with van der Waals surface area (Å²) < 4.78 is 40.0. The maximum atomic E-state index is 13.7. The maximum Gasteiger partial charge on any atom is 0.274 e. The van der Waals surface area contributed by atoms with E-state index in [0.717, 1.165) is 24.0 Å². The quantitative estimate of drug-likeness (QED) is 0.686. The Balaban J connectivity index is 1.81. The van der Waals surface area contributed by atoms with Gasteiger partial charge in [0, 0.05) is 11.8 Å². The summed E-state index contributed by atoms with van der Waals surface area (Å²) in [5.41, 5.74) is 1.20. The van der Waals surface area contributed by atoms with Crippen molar-refractivity contribution >= 4 is 23.1 Å². The minimum Gasteiger partial charge on any atom is -0.338 e. The molecule has 0 atom stereocenters. The van der Waals surface area contributed by atoms with Crippen LogP contribution in [0, 0.1) is 24.4 Å². The minimum atomic E-state index is -1.60. The van der Waals surface area contributed by atoms with E-state index < -0.39 is 23.4 Å². The van der Waals surface area contributed by atoms with E-state index >= 15 is 0 Å². The molecule has 1 heterocycles. The Bertz CT molecular complexity index is 978. The number of nitrogens with zero attached hydrogens (tertiary/aromatic N) is 2. The molecule has 0 fully saturated rings. The molecule has 2 N–H and O–H groups in total. The van der Waals surface area contributed by atoms with E-state index in [1.165, 1.54) is 6.07 Å². The van der Waals surface area contributed by atoms with Gasteiger partial charge >= 0.3 is 0 Å². The van der Waals surface area contributed by atoms with Crippen molar-refractivity contribution in [3.05, 3.63) is 77.5 Å². The first-order chi connectivity index (χ1) is 12.5. The summed E-state index contributed by atoms with van der Waals surface area (Å²) in [7, 11) is 0. The monoisotopic (exact) mass is 358 g/mol. The molecule has 2 aromatic carbocycles. The van der Waals surface area contributed by atoms with E-state index in [-0.39, 0.29) is 17.2 Å². The van der Waals surface area contributed by atoms with Crippen LogP contribution in [0.3, 0.4) is 0 Å². The second-order valence-electron chi connectivity index (χ2n) is 5.41. The third kappa shape index (κ3) is 3.64. The van der Waals surface area contributed by atoms with Crippen LogP contribution in [0.4, 0.5) is 30.4 Å². The van der Waals surface area contributed by atoms with Crippen LogP contribution in [-0.4, -0.2) is 15.9 Å². The lowest BCUT2D eigenvalue weighted by Gasteiger charge is -2.10. The first-order valence-electron chi connectivity index (χ1n) is 7.55. The fourth-order valence-electron chi connectivity index (χ4n) is 2.21. The molecular formula is C18H13F3N4O. The number of anilines is 3.